The molecule has 1 aromatic heterocycles. The molecule has 0 atom stereocenters. The first kappa shape index (κ1) is 20.0. The van der Waals surface area contributed by atoms with Gasteiger partial charge in [0, 0.05) is 28.7 Å². The zero-order valence-electron chi connectivity index (χ0n) is 16.5. The molecule has 9 heteroatoms. The zero-order valence-corrected chi connectivity index (χ0v) is 17.3. The van der Waals surface area contributed by atoms with Crippen LogP contribution in [0.15, 0.2) is 59.5 Å². The van der Waals surface area contributed by atoms with Crippen molar-refractivity contribution in [2.75, 3.05) is 13.2 Å². The van der Waals surface area contributed by atoms with Gasteiger partial charge in [0.25, 0.3) is 15.9 Å². The Morgan fingerprint density at radius 2 is 1.53 bits per heavy atom. The van der Waals surface area contributed by atoms with E-state index in [4.69, 9.17) is 9.47 Å². The van der Waals surface area contributed by atoms with Crippen molar-refractivity contribution < 1.29 is 22.7 Å². The number of aromatic nitrogens is 1. The van der Waals surface area contributed by atoms with E-state index < -0.39 is 15.9 Å². The summed E-state index contributed by atoms with van der Waals surface area (Å²) in [5, 5.41) is 0. The lowest BCUT2D eigenvalue weighted by Crippen LogP contribution is -2.41. The van der Waals surface area contributed by atoms with Crippen molar-refractivity contribution in [3.63, 3.8) is 0 Å². The normalized spacial score (nSPS) is 13.1. The van der Waals surface area contributed by atoms with E-state index in [0.29, 0.717) is 30.3 Å². The molecule has 0 fully saturated rings. The third-order valence-electron chi connectivity index (χ3n) is 4.78. The molecule has 0 saturated heterocycles. The van der Waals surface area contributed by atoms with Crippen LogP contribution in [0.5, 0.6) is 11.5 Å². The van der Waals surface area contributed by atoms with E-state index in [2.05, 4.69) is 14.8 Å². The molecule has 2 heterocycles. The van der Waals surface area contributed by atoms with Gasteiger partial charge in [0.15, 0.2) is 11.5 Å². The molecule has 0 radical (unpaired) electrons. The van der Waals surface area contributed by atoms with Gasteiger partial charge in [-0.1, -0.05) is 0 Å². The van der Waals surface area contributed by atoms with Gasteiger partial charge < -0.3 is 14.0 Å². The van der Waals surface area contributed by atoms with Crippen molar-refractivity contribution >= 4 is 15.9 Å². The van der Waals surface area contributed by atoms with E-state index in [0.717, 1.165) is 17.1 Å². The number of hydrogen-bond donors (Lipinski definition) is 2. The van der Waals surface area contributed by atoms with Crippen molar-refractivity contribution in [2.45, 2.75) is 18.7 Å². The van der Waals surface area contributed by atoms with E-state index in [1.165, 1.54) is 18.2 Å². The Hall–Kier alpha value is -3.30. The van der Waals surface area contributed by atoms with Crippen LogP contribution in [0.1, 0.15) is 21.7 Å². The number of nitrogens with one attached hydrogen (secondary N) is 2. The number of aryl methyl sites for hydroxylation is 2. The Morgan fingerprint density at radius 3 is 2.20 bits per heavy atom. The first-order valence-corrected chi connectivity index (χ1v) is 10.8. The van der Waals surface area contributed by atoms with Gasteiger partial charge >= 0.3 is 0 Å². The molecule has 3 aromatic rings. The van der Waals surface area contributed by atoms with Crippen LogP contribution in [0.25, 0.3) is 5.69 Å². The maximum absolute atomic E-state index is 12.5. The van der Waals surface area contributed by atoms with Crippen molar-refractivity contribution in [1.82, 2.24) is 14.8 Å². The molecule has 2 N–H and O–H groups in total. The van der Waals surface area contributed by atoms with Gasteiger partial charge in [-0.3, -0.25) is 10.2 Å². The predicted octanol–water partition coefficient (Wildman–Crippen LogP) is 2.49. The van der Waals surface area contributed by atoms with Crippen LogP contribution in [0.3, 0.4) is 0 Å². The Labute approximate surface area is 174 Å². The summed E-state index contributed by atoms with van der Waals surface area (Å²) in [6.45, 7) is 4.76. The Balaban J connectivity index is 1.45. The van der Waals surface area contributed by atoms with Gasteiger partial charge in [-0.15, -0.1) is 4.83 Å². The highest BCUT2D eigenvalue weighted by Gasteiger charge is 2.20. The molecule has 1 amide bonds. The van der Waals surface area contributed by atoms with Gasteiger partial charge in [-0.05, 0) is 62.4 Å². The van der Waals surface area contributed by atoms with Crippen molar-refractivity contribution in [1.29, 1.82) is 0 Å². The molecule has 0 spiro atoms. The highest BCUT2D eigenvalue weighted by Crippen LogP contribution is 2.32. The van der Waals surface area contributed by atoms with Crippen LogP contribution in [-0.2, 0) is 10.0 Å². The fourth-order valence-electron chi connectivity index (χ4n) is 3.27. The van der Waals surface area contributed by atoms with E-state index in [-0.39, 0.29) is 4.90 Å². The summed E-state index contributed by atoms with van der Waals surface area (Å²) in [6, 6.07) is 15.2. The smallest absolute Gasteiger partial charge is 0.266 e. The first-order chi connectivity index (χ1) is 14.3. The Morgan fingerprint density at radius 1 is 0.900 bits per heavy atom. The maximum atomic E-state index is 12.5. The third-order valence-corrected chi connectivity index (χ3v) is 6.03. The van der Waals surface area contributed by atoms with Crippen molar-refractivity contribution in [2.24, 2.45) is 0 Å². The molecule has 1 aliphatic heterocycles. The lowest BCUT2D eigenvalue weighted by Gasteiger charge is -2.19. The average Bonchev–Trinajstić information content (AvgIpc) is 3.10. The minimum atomic E-state index is -3.97. The molecule has 0 aliphatic carbocycles. The lowest BCUT2D eigenvalue weighted by atomic mass is 10.2. The summed E-state index contributed by atoms with van der Waals surface area (Å²) in [5.74, 6) is 0.266. The summed E-state index contributed by atoms with van der Waals surface area (Å²) in [6.07, 6.45) is 0. The molecule has 0 bridgehead atoms. The number of benzene rings is 2. The van der Waals surface area contributed by atoms with Gasteiger partial charge in [0.1, 0.15) is 13.2 Å². The molecule has 8 nitrogen and oxygen atoms in total. The monoisotopic (exact) mass is 427 g/mol. The average molecular weight is 427 g/mol. The van der Waals surface area contributed by atoms with Gasteiger partial charge in [0.05, 0.1) is 4.90 Å². The van der Waals surface area contributed by atoms with Crippen molar-refractivity contribution in [3.05, 3.63) is 71.5 Å². The molecule has 0 saturated carbocycles. The zero-order chi connectivity index (χ0) is 21.3. The SMILES string of the molecule is Cc1ccc(C)n1-c1ccc(C(=O)NNS(=O)(=O)c2ccc3c(c2)OCCO3)cc1. The number of hydrogen-bond acceptors (Lipinski definition) is 5. The van der Waals surface area contributed by atoms with Gasteiger partial charge in [-0.25, -0.2) is 8.42 Å². The molecule has 0 unspecified atom stereocenters. The van der Waals surface area contributed by atoms with Crippen LogP contribution >= 0.6 is 0 Å². The van der Waals surface area contributed by atoms with Crippen LogP contribution in [0.4, 0.5) is 0 Å². The summed E-state index contributed by atoms with van der Waals surface area (Å²) in [4.78, 5) is 14.5. The summed E-state index contributed by atoms with van der Waals surface area (Å²) < 4.78 is 37.9. The number of fused-ring (bicyclic) bond motifs is 1. The molecular weight excluding hydrogens is 406 g/mol. The topological polar surface area (TPSA) is 98.7 Å². The van der Waals surface area contributed by atoms with E-state index in [9.17, 15) is 13.2 Å². The molecule has 2 aromatic carbocycles. The number of nitrogens with zero attached hydrogens (tertiary/aromatic N) is 1. The van der Waals surface area contributed by atoms with E-state index >= 15 is 0 Å². The highest BCUT2D eigenvalue weighted by atomic mass is 32.2. The standard InChI is InChI=1S/C21H21N3O5S/c1-14-3-4-15(2)24(14)17-7-5-16(6-8-17)21(25)22-23-30(26,27)18-9-10-19-20(13-18)29-12-11-28-19/h3-10,13,23H,11-12H2,1-2H3,(H,22,25). The molecule has 1 aliphatic rings. The minimum Gasteiger partial charge on any atom is -0.486 e. The number of carbonyl (C=O) groups is 1. The first-order valence-electron chi connectivity index (χ1n) is 9.32. The Bertz CT molecular complexity index is 1180. The third kappa shape index (κ3) is 3.89. The summed E-state index contributed by atoms with van der Waals surface area (Å²) in [5.41, 5.74) is 5.64. The van der Waals surface area contributed by atoms with Gasteiger partial charge in [-0.2, -0.15) is 0 Å². The Kier molecular flexibility index (Phi) is 5.23. The fourth-order valence-corrected chi connectivity index (χ4v) is 4.13. The maximum Gasteiger partial charge on any atom is 0.266 e. The van der Waals surface area contributed by atoms with Gasteiger partial charge in [0.2, 0.25) is 0 Å². The van der Waals surface area contributed by atoms with Crippen LogP contribution in [0.2, 0.25) is 0 Å². The number of amides is 1. The number of rotatable bonds is 5. The highest BCUT2D eigenvalue weighted by molar-refractivity contribution is 7.89. The lowest BCUT2D eigenvalue weighted by molar-refractivity contribution is 0.0945. The number of carbonyl (C=O) groups excluding carboxylic acids is 1. The van der Waals surface area contributed by atoms with Crippen LogP contribution in [-0.4, -0.2) is 32.1 Å². The van der Waals surface area contributed by atoms with Crippen molar-refractivity contribution in [3.8, 4) is 17.2 Å². The van der Waals surface area contributed by atoms with E-state index in [1.807, 2.05) is 38.1 Å². The molecule has 4 rings (SSSR count). The van der Waals surface area contributed by atoms with E-state index in [1.54, 1.807) is 12.1 Å². The fraction of sp³-hybridized carbons (Fsp3) is 0.190. The molecule has 30 heavy (non-hydrogen) atoms. The number of ether oxygens (including phenoxy) is 2. The quantitative estimate of drug-likeness (QED) is 0.610. The second-order valence-corrected chi connectivity index (χ2v) is 8.55. The largest absolute Gasteiger partial charge is 0.486 e. The number of hydrazine groups is 1. The van der Waals surface area contributed by atoms with Crippen LogP contribution in [0, 0.1) is 13.8 Å². The molecule has 156 valence electrons. The second kappa shape index (κ2) is 7.85. The number of sulfonamides is 1. The minimum absolute atomic E-state index is 0.0408. The molecular formula is C21H21N3O5S. The summed E-state index contributed by atoms with van der Waals surface area (Å²) >= 11 is 0. The van der Waals surface area contributed by atoms with Crippen LogP contribution < -0.4 is 19.7 Å². The summed E-state index contributed by atoms with van der Waals surface area (Å²) in [7, 11) is -3.97. The second-order valence-electron chi connectivity index (χ2n) is 6.86. The predicted molar refractivity (Wildman–Crippen MR) is 110 cm³/mol.